The van der Waals surface area contributed by atoms with E-state index in [1.165, 1.54) is 4.90 Å². The highest BCUT2D eigenvalue weighted by atomic mass is 32.2. The Morgan fingerprint density at radius 3 is 2.29 bits per heavy atom. The summed E-state index contributed by atoms with van der Waals surface area (Å²) in [5.74, 6) is 0.409. The quantitative estimate of drug-likeness (QED) is 0.706. The minimum absolute atomic E-state index is 0.0422. The second-order valence-electron chi connectivity index (χ2n) is 3.73. The Balaban J connectivity index is 4.06. The summed E-state index contributed by atoms with van der Waals surface area (Å²) in [7, 11) is 2.23. The number of carbonyl (C=O) groups is 1. The molecule has 0 bridgehead atoms. The molecule has 4 nitrogen and oxygen atoms in total. The smallest absolute Gasteiger partial charge is 0.237 e. The topological polar surface area (TPSA) is 63.4 Å². The molecule has 3 unspecified atom stereocenters. The third kappa shape index (κ3) is 4.72. The van der Waals surface area contributed by atoms with Gasteiger partial charge in [-0.05, 0) is 20.3 Å². The monoisotopic (exact) mass is 220 g/mol. The largest absolute Gasteiger partial charge is 0.348 e. The molecule has 0 aliphatic carbocycles. The lowest BCUT2D eigenvalue weighted by Crippen LogP contribution is -2.35. The number of hydrogen-bond acceptors (Lipinski definition) is 3. The average molecular weight is 220 g/mol. The molecule has 0 aromatic heterocycles. The van der Waals surface area contributed by atoms with Crippen LogP contribution >= 0.6 is 0 Å². The highest BCUT2D eigenvalue weighted by Crippen LogP contribution is 2.02. The molecule has 0 saturated heterocycles. The normalized spacial score (nSPS) is 17.2. The zero-order valence-corrected chi connectivity index (χ0v) is 10.1. The lowest BCUT2D eigenvalue weighted by Gasteiger charge is -2.16. The van der Waals surface area contributed by atoms with Crippen molar-refractivity contribution in [3.63, 3.8) is 0 Å². The SMILES string of the molecule is CC(N)CCS(=O)C(C)C(=O)N(C)C. The van der Waals surface area contributed by atoms with E-state index in [0.717, 1.165) is 0 Å². The Labute approximate surface area is 88.3 Å². The molecule has 0 radical (unpaired) electrons. The molecule has 84 valence electrons. The van der Waals surface area contributed by atoms with Gasteiger partial charge in [0.2, 0.25) is 5.91 Å². The van der Waals surface area contributed by atoms with Crippen molar-refractivity contribution in [2.75, 3.05) is 19.8 Å². The fourth-order valence-electron chi connectivity index (χ4n) is 0.955. The lowest BCUT2D eigenvalue weighted by molar-refractivity contribution is -0.127. The zero-order chi connectivity index (χ0) is 11.3. The van der Waals surface area contributed by atoms with E-state index in [2.05, 4.69) is 0 Å². The van der Waals surface area contributed by atoms with Crippen LogP contribution in [0, 0.1) is 0 Å². The summed E-state index contributed by atoms with van der Waals surface area (Å²) < 4.78 is 11.6. The molecule has 0 heterocycles. The van der Waals surface area contributed by atoms with E-state index in [4.69, 9.17) is 5.73 Å². The molecule has 0 spiro atoms. The van der Waals surface area contributed by atoms with Crippen LogP contribution in [-0.2, 0) is 15.6 Å². The molecule has 0 rings (SSSR count). The van der Waals surface area contributed by atoms with Crippen molar-refractivity contribution in [3.8, 4) is 0 Å². The Morgan fingerprint density at radius 1 is 1.43 bits per heavy atom. The molecule has 14 heavy (non-hydrogen) atoms. The molecular formula is C9H20N2O2S. The van der Waals surface area contributed by atoms with E-state index in [1.54, 1.807) is 21.0 Å². The summed E-state index contributed by atoms with van der Waals surface area (Å²) >= 11 is 0. The Hall–Kier alpha value is -0.420. The maximum absolute atomic E-state index is 11.6. The number of rotatable bonds is 5. The summed E-state index contributed by atoms with van der Waals surface area (Å²) in [5.41, 5.74) is 5.55. The molecular weight excluding hydrogens is 200 g/mol. The van der Waals surface area contributed by atoms with E-state index in [0.29, 0.717) is 12.2 Å². The van der Waals surface area contributed by atoms with Gasteiger partial charge in [-0.1, -0.05) is 0 Å². The maximum atomic E-state index is 11.6. The molecule has 0 saturated carbocycles. The van der Waals surface area contributed by atoms with Crippen molar-refractivity contribution >= 4 is 16.7 Å². The van der Waals surface area contributed by atoms with E-state index >= 15 is 0 Å². The number of hydrogen-bond donors (Lipinski definition) is 1. The van der Waals surface area contributed by atoms with Crippen LogP contribution < -0.4 is 5.73 Å². The van der Waals surface area contributed by atoms with Gasteiger partial charge in [-0.3, -0.25) is 9.00 Å². The first kappa shape index (κ1) is 13.6. The fourth-order valence-corrected chi connectivity index (χ4v) is 2.35. The predicted octanol–water partition coefficient (Wildman–Crippen LogP) is -0.0509. The van der Waals surface area contributed by atoms with E-state index in [1.807, 2.05) is 6.92 Å². The summed E-state index contributed by atoms with van der Waals surface area (Å²) in [6.45, 7) is 3.56. The highest BCUT2D eigenvalue weighted by molar-refractivity contribution is 7.86. The second-order valence-corrected chi connectivity index (χ2v) is 5.60. The molecule has 0 aromatic carbocycles. The molecule has 2 N–H and O–H groups in total. The van der Waals surface area contributed by atoms with Crippen molar-refractivity contribution < 1.29 is 9.00 Å². The molecule has 0 aromatic rings. The molecule has 3 atom stereocenters. The number of amides is 1. The first-order valence-electron chi connectivity index (χ1n) is 4.70. The third-order valence-corrected chi connectivity index (χ3v) is 3.59. The highest BCUT2D eigenvalue weighted by Gasteiger charge is 2.21. The van der Waals surface area contributed by atoms with Crippen LogP contribution in [0.4, 0.5) is 0 Å². The van der Waals surface area contributed by atoms with Crippen LogP contribution in [0.15, 0.2) is 0 Å². The van der Waals surface area contributed by atoms with Gasteiger partial charge in [-0.2, -0.15) is 0 Å². The maximum Gasteiger partial charge on any atom is 0.237 e. The van der Waals surface area contributed by atoms with Crippen LogP contribution in [-0.4, -0.2) is 46.2 Å². The zero-order valence-electron chi connectivity index (χ0n) is 9.32. The van der Waals surface area contributed by atoms with Gasteiger partial charge in [0, 0.05) is 36.7 Å². The molecule has 0 aliphatic rings. The Kier molecular flexibility index (Phi) is 5.95. The van der Waals surface area contributed by atoms with Crippen LogP contribution in [0.2, 0.25) is 0 Å². The summed E-state index contributed by atoms with van der Waals surface area (Å²) in [6, 6.07) is 0.0422. The summed E-state index contributed by atoms with van der Waals surface area (Å²) in [4.78, 5) is 12.9. The Bertz CT molecular complexity index is 217. The van der Waals surface area contributed by atoms with Crippen molar-refractivity contribution in [3.05, 3.63) is 0 Å². The third-order valence-electron chi connectivity index (χ3n) is 1.96. The average Bonchev–Trinajstić information content (AvgIpc) is 2.11. The van der Waals surface area contributed by atoms with E-state index < -0.39 is 16.0 Å². The van der Waals surface area contributed by atoms with Gasteiger partial charge in [0.15, 0.2) is 0 Å². The van der Waals surface area contributed by atoms with E-state index in [-0.39, 0.29) is 11.9 Å². The summed E-state index contributed by atoms with van der Waals surface area (Å²) in [5, 5.41) is -0.427. The first-order valence-corrected chi connectivity index (χ1v) is 6.08. The number of nitrogens with zero attached hydrogens (tertiary/aromatic N) is 1. The van der Waals surface area contributed by atoms with Gasteiger partial charge >= 0.3 is 0 Å². The van der Waals surface area contributed by atoms with Crippen LogP contribution in [0.3, 0.4) is 0 Å². The molecule has 0 aliphatic heterocycles. The van der Waals surface area contributed by atoms with Gasteiger partial charge in [0.1, 0.15) is 5.25 Å². The lowest BCUT2D eigenvalue weighted by atomic mass is 10.3. The van der Waals surface area contributed by atoms with Crippen LogP contribution in [0.1, 0.15) is 20.3 Å². The standard InChI is InChI=1S/C9H20N2O2S/c1-7(10)5-6-14(13)8(2)9(12)11(3)4/h7-8H,5-6,10H2,1-4H3. The molecule has 5 heteroatoms. The molecule has 0 fully saturated rings. The van der Waals surface area contributed by atoms with Crippen molar-refractivity contribution in [1.82, 2.24) is 4.90 Å². The van der Waals surface area contributed by atoms with Gasteiger partial charge < -0.3 is 10.6 Å². The first-order chi connectivity index (χ1) is 6.36. The van der Waals surface area contributed by atoms with E-state index in [9.17, 15) is 9.00 Å². The van der Waals surface area contributed by atoms with Gasteiger partial charge in [0.05, 0.1) is 0 Å². The number of nitrogens with two attached hydrogens (primary N) is 1. The van der Waals surface area contributed by atoms with Gasteiger partial charge in [0.25, 0.3) is 0 Å². The minimum atomic E-state index is -1.11. The van der Waals surface area contributed by atoms with Gasteiger partial charge in [-0.25, -0.2) is 0 Å². The second kappa shape index (κ2) is 6.14. The van der Waals surface area contributed by atoms with Crippen molar-refractivity contribution in [2.24, 2.45) is 5.73 Å². The Morgan fingerprint density at radius 2 is 1.93 bits per heavy atom. The van der Waals surface area contributed by atoms with Crippen LogP contribution in [0.5, 0.6) is 0 Å². The van der Waals surface area contributed by atoms with Crippen molar-refractivity contribution in [2.45, 2.75) is 31.6 Å². The molecule has 1 amide bonds. The predicted molar refractivity (Wildman–Crippen MR) is 59.4 cm³/mol. The van der Waals surface area contributed by atoms with Crippen molar-refractivity contribution in [1.29, 1.82) is 0 Å². The summed E-state index contributed by atoms with van der Waals surface area (Å²) in [6.07, 6.45) is 0.692. The minimum Gasteiger partial charge on any atom is -0.348 e. The fraction of sp³-hybridized carbons (Fsp3) is 0.889. The van der Waals surface area contributed by atoms with Gasteiger partial charge in [-0.15, -0.1) is 0 Å². The number of carbonyl (C=O) groups excluding carboxylic acids is 1. The van der Waals surface area contributed by atoms with Crippen LogP contribution in [0.25, 0.3) is 0 Å².